The van der Waals surface area contributed by atoms with Crippen LogP contribution in [0.2, 0.25) is 0 Å². The lowest BCUT2D eigenvalue weighted by molar-refractivity contribution is -0.139. The number of carbonyl (C=O) groups excluding carboxylic acids is 1. The van der Waals surface area contributed by atoms with E-state index in [0.717, 1.165) is 12.8 Å². The van der Waals surface area contributed by atoms with Crippen molar-refractivity contribution in [1.29, 1.82) is 0 Å². The number of hydrogen-bond donors (Lipinski definition) is 2. The number of nitrogens with one attached hydrogen (secondary N) is 1. The Morgan fingerprint density at radius 3 is 1.94 bits per heavy atom. The SMILES string of the molecule is CCCC(CN)(CCC)C(=O)NCCC(F)(F)F. The summed E-state index contributed by atoms with van der Waals surface area (Å²) in [5, 5.41) is 2.36. The predicted octanol–water partition coefficient (Wildman–Crippen LogP) is 2.60. The molecule has 0 bridgehead atoms. The van der Waals surface area contributed by atoms with Gasteiger partial charge in [0.15, 0.2) is 0 Å². The van der Waals surface area contributed by atoms with Crippen LogP contribution in [0.25, 0.3) is 0 Å². The summed E-state index contributed by atoms with van der Waals surface area (Å²) < 4.78 is 36.0. The molecule has 0 aromatic heterocycles. The molecule has 0 aliphatic heterocycles. The molecule has 0 aliphatic rings. The second-order valence-corrected chi connectivity index (χ2v) is 4.61. The molecule has 0 fully saturated rings. The van der Waals surface area contributed by atoms with Gasteiger partial charge in [0.05, 0.1) is 11.8 Å². The lowest BCUT2D eigenvalue weighted by atomic mass is 9.78. The van der Waals surface area contributed by atoms with Crippen LogP contribution in [-0.4, -0.2) is 25.2 Å². The molecule has 0 aliphatic carbocycles. The number of halogens is 3. The summed E-state index contributed by atoms with van der Waals surface area (Å²) in [6.07, 6.45) is -2.47. The van der Waals surface area contributed by atoms with Gasteiger partial charge >= 0.3 is 6.18 Å². The molecule has 0 unspecified atom stereocenters. The molecule has 3 N–H and O–H groups in total. The van der Waals surface area contributed by atoms with Crippen molar-refractivity contribution in [3.8, 4) is 0 Å². The number of amides is 1. The van der Waals surface area contributed by atoms with Crippen molar-refractivity contribution in [2.75, 3.05) is 13.1 Å². The summed E-state index contributed by atoms with van der Waals surface area (Å²) >= 11 is 0. The van der Waals surface area contributed by atoms with E-state index in [1.807, 2.05) is 13.8 Å². The molecular weight excluding hydrogens is 245 g/mol. The van der Waals surface area contributed by atoms with Gasteiger partial charge in [-0.15, -0.1) is 0 Å². The van der Waals surface area contributed by atoms with E-state index in [-0.39, 0.29) is 19.0 Å². The number of nitrogens with two attached hydrogens (primary N) is 1. The van der Waals surface area contributed by atoms with Crippen LogP contribution in [0, 0.1) is 5.41 Å². The van der Waals surface area contributed by atoms with Gasteiger partial charge in [0.1, 0.15) is 0 Å². The average Bonchev–Trinajstić information content (AvgIpc) is 2.26. The van der Waals surface area contributed by atoms with Crippen LogP contribution in [-0.2, 0) is 4.79 Å². The molecule has 0 atom stereocenters. The number of hydrogen-bond acceptors (Lipinski definition) is 2. The van der Waals surface area contributed by atoms with E-state index in [9.17, 15) is 18.0 Å². The van der Waals surface area contributed by atoms with Crippen LogP contribution in [0.1, 0.15) is 46.0 Å². The van der Waals surface area contributed by atoms with E-state index in [0.29, 0.717) is 12.8 Å². The summed E-state index contributed by atoms with van der Waals surface area (Å²) in [5.74, 6) is -0.349. The maximum atomic E-state index is 12.0. The van der Waals surface area contributed by atoms with Crippen LogP contribution in [0.15, 0.2) is 0 Å². The molecule has 0 spiro atoms. The maximum Gasteiger partial charge on any atom is 0.390 e. The van der Waals surface area contributed by atoms with Gasteiger partial charge in [-0.05, 0) is 12.8 Å². The highest BCUT2D eigenvalue weighted by molar-refractivity contribution is 5.82. The first kappa shape index (κ1) is 17.2. The van der Waals surface area contributed by atoms with E-state index in [1.54, 1.807) is 0 Å². The Kier molecular flexibility index (Phi) is 7.28. The van der Waals surface area contributed by atoms with Gasteiger partial charge in [-0.2, -0.15) is 13.2 Å². The molecule has 0 heterocycles. The highest BCUT2D eigenvalue weighted by Crippen LogP contribution is 2.29. The van der Waals surface area contributed by atoms with E-state index in [1.165, 1.54) is 0 Å². The zero-order chi connectivity index (χ0) is 14.2. The second-order valence-electron chi connectivity index (χ2n) is 4.61. The maximum absolute atomic E-state index is 12.0. The Balaban J connectivity index is 4.46. The summed E-state index contributed by atoms with van der Waals surface area (Å²) in [6.45, 7) is 3.66. The fourth-order valence-corrected chi connectivity index (χ4v) is 2.11. The lowest BCUT2D eigenvalue weighted by Crippen LogP contribution is -2.46. The Bertz CT molecular complexity index is 248. The first-order valence-corrected chi connectivity index (χ1v) is 6.36. The first-order chi connectivity index (χ1) is 8.31. The molecule has 0 saturated carbocycles. The quantitative estimate of drug-likeness (QED) is 0.711. The van der Waals surface area contributed by atoms with Gasteiger partial charge in [0, 0.05) is 13.1 Å². The molecule has 18 heavy (non-hydrogen) atoms. The third-order valence-electron chi connectivity index (χ3n) is 3.02. The van der Waals surface area contributed by atoms with E-state index < -0.39 is 18.0 Å². The molecule has 1 amide bonds. The van der Waals surface area contributed by atoms with Gasteiger partial charge in [0.25, 0.3) is 0 Å². The van der Waals surface area contributed by atoms with Crippen molar-refractivity contribution in [2.45, 2.75) is 52.1 Å². The van der Waals surface area contributed by atoms with E-state index in [2.05, 4.69) is 5.32 Å². The van der Waals surface area contributed by atoms with Gasteiger partial charge in [0.2, 0.25) is 5.91 Å². The van der Waals surface area contributed by atoms with Gasteiger partial charge in [-0.3, -0.25) is 4.79 Å². The first-order valence-electron chi connectivity index (χ1n) is 6.36. The summed E-state index contributed by atoms with van der Waals surface area (Å²) in [5.41, 5.74) is 4.94. The van der Waals surface area contributed by atoms with Crippen LogP contribution < -0.4 is 11.1 Å². The summed E-state index contributed by atoms with van der Waals surface area (Å²) in [6, 6.07) is 0. The standard InChI is InChI=1S/C12H23F3N2O/c1-3-5-11(9-16,6-4-2)10(18)17-8-7-12(13,14)15/h3-9,16H2,1-2H3,(H,17,18). The molecule has 0 radical (unpaired) electrons. The lowest BCUT2D eigenvalue weighted by Gasteiger charge is -2.30. The largest absolute Gasteiger partial charge is 0.390 e. The zero-order valence-corrected chi connectivity index (χ0v) is 11.1. The minimum absolute atomic E-state index is 0.173. The molecule has 0 saturated heterocycles. The van der Waals surface area contributed by atoms with Crippen molar-refractivity contribution in [2.24, 2.45) is 11.1 Å². The molecule has 3 nitrogen and oxygen atoms in total. The van der Waals surface area contributed by atoms with Crippen LogP contribution in [0.5, 0.6) is 0 Å². The normalized spacial score (nSPS) is 12.6. The second kappa shape index (κ2) is 7.61. The Labute approximate surface area is 106 Å². The third kappa shape index (κ3) is 5.71. The predicted molar refractivity (Wildman–Crippen MR) is 65.0 cm³/mol. The monoisotopic (exact) mass is 268 g/mol. The van der Waals surface area contributed by atoms with Crippen molar-refractivity contribution in [3.05, 3.63) is 0 Å². The molecule has 108 valence electrons. The number of carbonyl (C=O) groups is 1. The highest BCUT2D eigenvalue weighted by Gasteiger charge is 2.35. The van der Waals surface area contributed by atoms with Crippen molar-refractivity contribution >= 4 is 5.91 Å². The number of rotatable bonds is 8. The molecule has 0 aromatic rings. The minimum atomic E-state index is -4.24. The summed E-state index contributed by atoms with van der Waals surface area (Å²) in [7, 11) is 0. The summed E-state index contributed by atoms with van der Waals surface area (Å²) in [4.78, 5) is 12.0. The third-order valence-corrected chi connectivity index (χ3v) is 3.02. The fraction of sp³-hybridized carbons (Fsp3) is 0.917. The minimum Gasteiger partial charge on any atom is -0.355 e. The van der Waals surface area contributed by atoms with E-state index in [4.69, 9.17) is 5.73 Å². The van der Waals surface area contributed by atoms with Gasteiger partial charge < -0.3 is 11.1 Å². The van der Waals surface area contributed by atoms with Crippen LogP contribution in [0.3, 0.4) is 0 Å². The van der Waals surface area contributed by atoms with E-state index >= 15 is 0 Å². The van der Waals surface area contributed by atoms with Gasteiger partial charge in [-0.1, -0.05) is 26.7 Å². The average molecular weight is 268 g/mol. The van der Waals surface area contributed by atoms with Crippen molar-refractivity contribution in [1.82, 2.24) is 5.32 Å². The van der Waals surface area contributed by atoms with Gasteiger partial charge in [-0.25, -0.2) is 0 Å². The molecular formula is C12H23F3N2O. The topological polar surface area (TPSA) is 55.1 Å². The molecule has 0 aromatic carbocycles. The molecule has 0 rings (SSSR count). The van der Waals surface area contributed by atoms with Crippen molar-refractivity contribution < 1.29 is 18.0 Å². The van der Waals surface area contributed by atoms with Crippen LogP contribution >= 0.6 is 0 Å². The smallest absolute Gasteiger partial charge is 0.355 e. The zero-order valence-electron chi connectivity index (χ0n) is 11.1. The highest BCUT2D eigenvalue weighted by atomic mass is 19.4. The fourth-order valence-electron chi connectivity index (χ4n) is 2.11. The van der Waals surface area contributed by atoms with Crippen LogP contribution in [0.4, 0.5) is 13.2 Å². The molecule has 6 heteroatoms. The Morgan fingerprint density at radius 1 is 1.11 bits per heavy atom. The number of alkyl halides is 3. The Hall–Kier alpha value is -0.780. The Morgan fingerprint density at radius 2 is 1.61 bits per heavy atom. The van der Waals surface area contributed by atoms with Crippen molar-refractivity contribution in [3.63, 3.8) is 0 Å².